The van der Waals surface area contributed by atoms with Crippen LogP contribution in [-0.4, -0.2) is 18.4 Å². The summed E-state index contributed by atoms with van der Waals surface area (Å²) in [6.07, 6.45) is 21.8. The van der Waals surface area contributed by atoms with Gasteiger partial charge in [0.25, 0.3) is 0 Å². The first kappa shape index (κ1) is 23.7. The lowest BCUT2D eigenvalue weighted by molar-refractivity contribution is -0.121. The van der Waals surface area contributed by atoms with Crippen LogP contribution in [0.1, 0.15) is 103 Å². The Hall–Kier alpha value is -1.32. The lowest BCUT2D eigenvalue weighted by atomic mass is 10.1. The largest absolute Gasteiger partial charge is 0.370 e. The average molecular weight is 353 g/mol. The zero-order valence-electron chi connectivity index (χ0n) is 16.4. The van der Waals surface area contributed by atoms with Crippen molar-refractivity contribution < 1.29 is 9.59 Å². The van der Waals surface area contributed by atoms with Gasteiger partial charge in [-0.15, -0.1) is 0 Å². The molecule has 0 aromatic rings. The van der Waals surface area contributed by atoms with Crippen molar-refractivity contribution in [3.8, 4) is 0 Å². The molecular weight excluding hydrogens is 312 g/mol. The van der Waals surface area contributed by atoms with E-state index in [1.165, 1.54) is 70.6 Å². The summed E-state index contributed by atoms with van der Waals surface area (Å²) in [5, 5.41) is 2.71. The predicted octanol–water partition coefficient (Wildman–Crippen LogP) is 5.02. The first-order chi connectivity index (χ1) is 12.2. The normalized spacial score (nSPS) is 11.1. The Bertz CT molecular complexity index is 354. The van der Waals surface area contributed by atoms with Crippen LogP contribution in [0.25, 0.3) is 0 Å². The number of hydrogen-bond donors (Lipinski definition) is 2. The van der Waals surface area contributed by atoms with E-state index in [9.17, 15) is 9.59 Å². The summed E-state index contributed by atoms with van der Waals surface area (Å²) in [6, 6.07) is 0. The third-order valence-electron chi connectivity index (χ3n) is 4.36. The number of nitrogens with two attached hydrogens (primary N) is 1. The molecule has 25 heavy (non-hydrogen) atoms. The van der Waals surface area contributed by atoms with Crippen molar-refractivity contribution in [3.63, 3.8) is 0 Å². The molecule has 4 nitrogen and oxygen atoms in total. The molecule has 0 aliphatic carbocycles. The van der Waals surface area contributed by atoms with Gasteiger partial charge in [0.1, 0.15) is 0 Å². The molecule has 0 saturated carbocycles. The van der Waals surface area contributed by atoms with Gasteiger partial charge >= 0.3 is 0 Å². The van der Waals surface area contributed by atoms with Crippen LogP contribution in [0.15, 0.2) is 12.2 Å². The van der Waals surface area contributed by atoms with Gasteiger partial charge in [0.2, 0.25) is 11.8 Å². The Kier molecular flexibility index (Phi) is 18.0. The zero-order valence-corrected chi connectivity index (χ0v) is 16.4. The van der Waals surface area contributed by atoms with Gasteiger partial charge in [0.05, 0.1) is 0 Å². The first-order valence-electron chi connectivity index (χ1n) is 10.4. The predicted molar refractivity (Wildman–Crippen MR) is 106 cm³/mol. The molecule has 0 heterocycles. The second-order valence-corrected chi connectivity index (χ2v) is 6.90. The SMILES string of the molecule is CCCCCCCC/C=C\CCCCCCCC(=O)NCCC(N)=O. The smallest absolute Gasteiger partial charge is 0.220 e. The van der Waals surface area contributed by atoms with Crippen LogP contribution in [0.2, 0.25) is 0 Å². The number of allylic oxidation sites excluding steroid dienone is 2. The first-order valence-corrected chi connectivity index (χ1v) is 10.4. The summed E-state index contributed by atoms with van der Waals surface area (Å²) in [7, 11) is 0. The van der Waals surface area contributed by atoms with Gasteiger partial charge in [0.15, 0.2) is 0 Å². The third kappa shape index (κ3) is 20.6. The monoisotopic (exact) mass is 352 g/mol. The molecule has 0 rings (SSSR count). The minimum atomic E-state index is -0.374. The molecule has 0 unspecified atom stereocenters. The van der Waals surface area contributed by atoms with Gasteiger partial charge in [-0.2, -0.15) is 0 Å². The molecule has 0 fully saturated rings. The van der Waals surface area contributed by atoms with E-state index >= 15 is 0 Å². The maximum Gasteiger partial charge on any atom is 0.220 e. The van der Waals surface area contributed by atoms with E-state index in [-0.39, 0.29) is 18.2 Å². The van der Waals surface area contributed by atoms with Crippen molar-refractivity contribution in [1.82, 2.24) is 5.32 Å². The molecular formula is C21H40N2O2. The van der Waals surface area contributed by atoms with Gasteiger partial charge in [-0.3, -0.25) is 9.59 Å². The summed E-state index contributed by atoms with van der Waals surface area (Å²) in [5.41, 5.74) is 5.02. The Balaban J connectivity index is 3.21. The Morgan fingerprint density at radius 3 is 1.84 bits per heavy atom. The second kappa shape index (κ2) is 19.0. The number of carbonyl (C=O) groups excluding carboxylic acids is 2. The highest BCUT2D eigenvalue weighted by molar-refractivity contribution is 5.77. The number of rotatable bonds is 18. The highest BCUT2D eigenvalue weighted by atomic mass is 16.2. The quantitative estimate of drug-likeness (QED) is 0.269. The number of primary amides is 1. The molecule has 0 bridgehead atoms. The number of unbranched alkanes of at least 4 members (excludes halogenated alkanes) is 11. The number of hydrogen-bond acceptors (Lipinski definition) is 2. The summed E-state index contributed by atoms with van der Waals surface area (Å²) < 4.78 is 0. The molecule has 0 aromatic heterocycles. The molecule has 146 valence electrons. The third-order valence-corrected chi connectivity index (χ3v) is 4.36. The molecule has 0 aromatic carbocycles. The summed E-state index contributed by atoms with van der Waals surface area (Å²) in [4.78, 5) is 22.0. The Morgan fingerprint density at radius 1 is 0.760 bits per heavy atom. The summed E-state index contributed by atoms with van der Waals surface area (Å²) in [6.45, 7) is 2.62. The topological polar surface area (TPSA) is 72.2 Å². The zero-order chi connectivity index (χ0) is 18.6. The van der Waals surface area contributed by atoms with Gasteiger partial charge < -0.3 is 11.1 Å². The lowest BCUT2D eigenvalue weighted by Gasteiger charge is -2.03. The Labute approximate surface area is 155 Å². The van der Waals surface area contributed by atoms with Crippen molar-refractivity contribution in [3.05, 3.63) is 12.2 Å². The number of carbonyl (C=O) groups is 2. The second-order valence-electron chi connectivity index (χ2n) is 6.90. The van der Waals surface area contributed by atoms with E-state index in [4.69, 9.17) is 5.73 Å². The molecule has 0 aliphatic rings. The average Bonchev–Trinajstić information content (AvgIpc) is 2.58. The highest BCUT2D eigenvalue weighted by Gasteiger charge is 2.01. The van der Waals surface area contributed by atoms with E-state index in [1.807, 2.05) is 0 Å². The van der Waals surface area contributed by atoms with Crippen molar-refractivity contribution in [2.45, 2.75) is 103 Å². The standard InChI is InChI=1S/C21H40N2O2/c1-2-3-4-5-6-7-8-9-10-11-12-13-14-15-16-17-21(25)23-19-18-20(22)24/h9-10H,2-8,11-19H2,1H3,(H2,22,24)(H,23,25)/b10-9-. The number of nitrogens with one attached hydrogen (secondary N) is 1. The van der Waals surface area contributed by atoms with E-state index in [1.54, 1.807) is 0 Å². The fourth-order valence-corrected chi connectivity index (χ4v) is 2.77. The van der Waals surface area contributed by atoms with Gasteiger partial charge in [0, 0.05) is 19.4 Å². The lowest BCUT2D eigenvalue weighted by Crippen LogP contribution is -2.27. The van der Waals surface area contributed by atoms with Crippen molar-refractivity contribution in [2.75, 3.05) is 6.54 Å². The van der Waals surface area contributed by atoms with Crippen molar-refractivity contribution in [2.24, 2.45) is 5.73 Å². The van der Waals surface area contributed by atoms with Crippen LogP contribution >= 0.6 is 0 Å². The molecule has 3 N–H and O–H groups in total. The van der Waals surface area contributed by atoms with Crippen molar-refractivity contribution in [1.29, 1.82) is 0 Å². The van der Waals surface area contributed by atoms with Crippen LogP contribution < -0.4 is 11.1 Å². The highest BCUT2D eigenvalue weighted by Crippen LogP contribution is 2.09. The molecule has 0 atom stereocenters. The molecule has 0 saturated heterocycles. The molecule has 2 amide bonds. The minimum Gasteiger partial charge on any atom is -0.370 e. The maximum atomic E-state index is 11.5. The van der Waals surface area contributed by atoms with Gasteiger partial charge in [-0.25, -0.2) is 0 Å². The van der Waals surface area contributed by atoms with E-state index < -0.39 is 0 Å². The molecule has 0 radical (unpaired) electrons. The van der Waals surface area contributed by atoms with Gasteiger partial charge in [-0.1, -0.05) is 70.4 Å². The van der Waals surface area contributed by atoms with Crippen LogP contribution in [0.5, 0.6) is 0 Å². The van der Waals surface area contributed by atoms with E-state index in [0.29, 0.717) is 13.0 Å². The van der Waals surface area contributed by atoms with E-state index in [2.05, 4.69) is 24.4 Å². The Morgan fingerprint density at radius 2 is 1.28 bits per heavy atom. The van der Waals surface area contributed by atoms with Gasteiger partial charge in [-0.05, 0) is 32.1 Å². The number of amides is 2. The molecule has 4 heteroatoms. The fraction of sp³-hybridized carbons (Fsp3) is 0.810. The van der Waals surface area contributed by atoms with Crippen molar-refractivity contribution >= 4 is 11.8 Å². The van der Waals surface area contributed by atoms with Crippen LogP contribution in [-0.2, 0) is 9.59 Å². The van der Waals surface area contributed by atoms with Crippen LogP contribution in [0.4, 0.5) is 0 Å². The molecule has 0 aliphatic heterocycles. The van der Waals surface area contributed by atoms with Crippen LogP contribution in [0.3, 0.4) is 0 Å². The summed E-state index contributed by atoms with van der Waals surface area (Å²) >= 11 is 0. The fourth-order valence-electron chi connectivity index (χ4n) is 2.77. The summed E-state index contributed by atoms with van der Waals surface area (Å²) in [5.74, 6) is -0.347. The maximum absolute atomic E-state index is 11.5. The molecule has 0 spiro atoms. The minimum absolute atomic E-state index is 0.0267. The van der Waals surface area contributed by atoms with Crippen LogP contribution in [0, 0.1) is 0 Å². The van der Waals surface area contributed by atoms with E-state index in [0.717, 1.165) is 12.8 Å².